The number of cyclic esters (lactones) is 1. The third kappa shape index (κ3) is 6.85. The van der Waals surface area contributed by atoms with Crippen molar-refractivity contribution in [1.29, 1.82) is 0 Å². The predicted molar refractivity (Wildman–Crippen MR) is 183 cm³/mol. The molecule has 0 aromatic rings. The van der Waals surface area contributed by atoms with Crippen LogP contribution in [0.25, 0.3) is 0 Å². The Hall–Kier alpha value is -2.22. The second kappa shape index (κ2) is 15.0. The summed E-state index contributed by atoms with van der Waals surface area (Å²) in [6, 6.07) is -0.521. The molecule has 0 bridgehead atoms. The van der Waals surface area contributed by atoms with E-state index in [9.17, 15) is 39.9 Å². The third-order valence-electron chi connectivity index (χ3n) is 13.5. The number of rotatable bonds is 5. The number of hydrogen-bond acceptors (Lipinski definition) is 10. The predicted octanol–water partition coefficient (Wildman–Crippen LogP) is 2.51. The van der Waals surface area contributed by atoms with Gasteiger partial charge in [-0.3, -0.25) is 19.3 Å². The molecule has 0 radical (unpaired) electrons. The number of nitrogens with zero attached hydrogens (tertiary/aromatic N) is 1. The monoisotopic (exact) mass is 706 g/mol. The maximum absolute atomic E-state index is 17.4. The Morgan fingerprint density at radius 1 is 1.04 bits per heavy atom. The molecule has 50 heavy (non-hydrogen) atoms. The van der Waals surface area contributed by atoms with E-state index >= 15 is 4.39 Å². The Morgan fingerprint density at radius 3 is 2.50 bits per heavy atom. The molecule has 1 heterocycles. The lowest BCUT2D eigenvalue weighted by Gasteiger charge is -2.62. The maximum atomic E-state index is 17.4. The van der Waals surface area contributed by atoms with Gasteiger partial charge in [-0.05, 0) is 103 Å². The van der Waals surface area contributed by atoms with Crippen LogP contribution >= 0.6 is 0 Å². The standard InChI is InChI=1S/C38H59FN2O9/c1-23-8-5-9-26(42)10-6-18-41(24(2)32(46)30(44)22-50-33(23)47)19-7-17-40-34(48)37(49)16-14-28-29-12-11-25-20-27(43)13-15-35(25,3)38(29,39)31(45)21-36(28,37)4/h13,15,20,23-24,26,28-32,42,44-46,49H,5-12,14,16-19,21-22H2,1-4H3,(H,40,48)/t23-,24-,26+,28?,29?,30-,31+,32-,35+,36+,37+,38+/m1/s1. The normalized spacial score (nSPS) is 44.9. The van der Waals surface area contributed by atoms with E-state index < -0.39 is 70.4 Å². The van der Waals surface area contributed by atoms with E-state index in [1.807, 2.05) is 4.90 Å². The zero-order chi connectivity index (χ0) is 36.6. The molecule has 282 valence electrons. The number of halogens is 1. The molecular weight excluding hydrogens is 647 g/mol. The number of carbonyl (C=O) groups is 3. The van der Waals surface area contributed by atoms with E-state index in [-0.39, 0.29) is 43.6 Å². The summed E-state index contributed by atoms with van der Waals surface area (Å²) >= 11 is 0. The topological polar surface area (TPSA) is 177 Å². The van der Waals surface area contributed by atoms with E-state index in [4.69, 9.17) is 4.74 Å². The van der Waals surface area contributed by atoms with E-state index in [1.165, 1.54) is 12.2 Å². The average molecular weight is 707 g/mol. The molecule has 11 nitrogen and oxygen atoms in total. The molecule has 12 heteroatoms. The van der Waals surface area contributed by atoms with Crippen LogP contribution in [0.3, 0.4) is 0 Å². The number of carbonyl (C=O) groups excluding carboxylic acids is 3. The summed E-state index contributed by atoms with van der Waals surface area (Å²) < 4.78 is 22.6. The Kier molecular flexibility index (Phi) is 11.7. The Bertz CT molecular complexity index is 1340. The van der Waals surface area contributed by atoms with Gasteiger partial charge in [-0.25, -0.2) is 4.39 Å². The number of alkyl halides is 1. The van der Waals surface area contributed by atoms with Crippen LogP contribution in [-0.4, -0.2) is 116 Å². The van der Waals surface area contributed by atoms with Crippen molar-refractivity contribution in [2.45, 2.75) is 140 Å². The summed E-state index contributed by atoms with van der Waals surface area (Å²) in [7, 11) is 0. The number of nitrogens with one attached hydrogen (secondary N) is 1. The summed E-state index contributed by atoms with van der Waals surface area (Å²) in [5.74, 6) is -2.50. The van der Waals surface area contributed by atoms with Gasteiger partial charge < -0.3 is 35.6 Å². The quantitative estimate of drug-likeness (QED) is 0.184. The minimum Gasteiger partial charge on any atom is -0.463 e. The molecule has 1 amide bonds. The molecule has 1 saturated heterocycles. The van der Waals surface area contributed by atoms with Crippen molar-refractivity contribution < 1.29 is 49.0 Å². The van der Waals surface area contributed by atoms with Crippen LogP contribution in [0.2, 0.25) is 0 Å². The lowest BCUT2D eigenvalue weighted by atomic mass is 9.45. The molecule has 0 spiro atoms. The molecule has 1 aliphatic heterocycles. The Morgan fingerprint density at radius 2 is 1.76 bits per heavy atom. The van der Waals surface area contributed by atoms with Crippen molar-refractivity contribution in [2.24, 2.45) is 28.6 Å². The first-order chi connectivity index (χ1) is 23.5. The van der Waals surface area contributed by atoms with Gasteiger partial charge in [0.2, 0.25) is 0 Å². The second-order valence-corrected chi connectivity index (χ2v) is 16.4. The van der Waals surface area contributed by atoms with Crippen LogP contribution in [0.4, 0.5) is 4.39 Å². The van der Waals surface area contributed by atoms with Crippen molar-refractivity contribution in [1.82, 2.24) is 10.2 Å². The van der Waals surface area contributed by atoms with Gasteiger partial charge in [0, 0.05) is 35.9 Å². The van der Waals surface area contributed by atoms with Gasteiger partial charge in [-0.15, -0.1) is 0 Å². The number of ketones is 1. The number of ether oxygens (including phenoxy) is 1. The van der Waals surface area contributed by atoms with Gasteiger partial charge >= 0.3 is 5.97 Å². The minimum absolute atomic E-state index is 0.0924. The SMILES string of the molecule is C[C@@H]1CCC[C@H](O)CCCN(CCCNC(=O)[C@@]2(O)CCC3C4CCC5=CC(=O)C=C[C@]5(C)[C@@]4(F)[C@@H](O)C[C@@]32C)[C@H](C)[C@@H](O)[C@H](O)COC1=O. The van der Waals surface area contributed by atoms with Crippen LogP contribution in [0.5, 0.6) is 0 Å². The van der Waals surface area contributed by atoms with E-state index in [0.29, 0.717) is 76.5 Å². The number of aliphatic hydroxyl groups excluding tert-OH is 4. The zero-order valence-corrected chi connectivity index (χ0v) is 30.2. The highest BCUT2D eigenvalue weighted by molar-refractivity contribution is 6.01. The molecule has 2 unspecified atom stereocenters. The van der Waals surface area contributed by atoms with Gasteiger partial charge in [0.1, 0.15) is 18.3 Å². The molecular formula is C38H59FN2O9. The summed E-state index contributed by atoms with van der Waals surface area (Å²) in [5.41, 5.74) is -5.37. The average Bonchev–Trinajstić information content (AvgIpc) is 3.34. The van der Waals surface area contributed by atoms with E-state index in [1.54, 1.807) is 33.8 Å². The molecule has 0 aromatic heterocycles. The number of aliphatic hydroxyl groups is 5. The first-order valence-corrected chi connectivity index (χ1v) is 18.8. The fourth-order valence-electron chi connectivity index (χ4n) is 10.1. The van der Waals surface area contributed by atoms with Crippen molar-refractivity contribution in [3.8, 4) is 0 Å². The van der Waals surface area contributed by atoms with E-state index in [2.05, 4.69) is 5.32 Å². The van der Waals surface area contributed by atoms with Gasteiger partial charge in [0.25, 0.3) is 5.91 Å². The number of fused-ring (bicyclic) bond motifs is 5. The van der Waals surface area contributed by atoms with Gasteiger partial charge in [-0.2, -0.15) is 0 Å². The summed E-state index contributed by atoms with van der Waals surface area (Å²) in [6.45, 7) is 7.92. The van der Waals surface area contributed by atoms with E-state index in [0.717, 1.165) is 0 Å². The Balaban J connectivity index is 1.22. The third-order valence-corrected chi connectivity index (χ3v) is 13.5. The Labute approximate surface area is 295 Å². The molecule has 5 rings (SSSR count). The molecule has 0 aromatic carbocycles. The van der Waals surface area contributed by atoms with Crippen molar-refractivity contribution in [3.05, 3.63) is 23.8 Å². The first kappa shape index (κ1) is 39.0. The number of allylic oxidation sites excluding steroid dienone is 4. The molecule has 6 N–H and O–H groups in total. The number of amides is 1. The van der Waals surface area contributed by atoms with Crippen molar-refractivity contribution >= 4 is 17.7 Å². The largest absolute Gasteiger partial charge is 0.463 e. The number of esters is 1. The van der Waals surface area contributed by atoms with Crippen LogP contribution in [-0.2, 0) is 19.1 Å². The second-order valence-electron chi connectivity index (χ2n) is 16.4. The minimum atomic E-state index is -2.04. The molecule has 3 saturated carbocycles. The zero-order valence-electron chi connectivity index (χ0n) is 30.2. The van der Waals surface area contributed by atoms with Gasteiger partial charge in [0.15, 0.2) is 11.5 Å². The highest BCUT2D eigenvalue weighted by Crippen LogP contribution is 2.69. The number of hydrogen-bond donors (Lipinski definition) is 6. The smallest absolute Gasteiger partial charge is 0.308 e. The lowest BCUT2D eigenvalue weighted by molar-refractivity contribution is -0.217. The fraction of sp³-hybridized carbons (Fsp3) is 0.816. The maximum Gasteiger partial charge on any atom is 0.308 e. The van der Waals surface area contributed by atoms with Crippen LogP contribution in [0.1, 0.15) is 98.3 Å². The summed E-state index contributed by atoms with van der Waals surface area (Å²) in [6.07, 6.45) is 4.85. The van der Waals surface area contributed by atoms with Gasteiger partial charge in [0.05, 0.1) is 24.2 Å². The molecule has 5 aliphatic rings. The molecule has 4 fully saturated rings. The molecule has 12 atom stereocenters. The van der Waals surface area contributed by atoms with Crippen molar-refractivity contribution in [2.75, 3.05) is 26.2 Å². The van der Waals surface area contributed by atoms with Crippen molar-refractivity contribution in [3.63, 3.8) is 0 Å². The highest BCUT2D eigenvalue weighted by atomic mass is 19.1. The first-order valence-electron chi connectivity index (χ1n) is 18.8. The van der Waals surface area contributed by atoms with Gasteiger partial charge in [-0.1, -0.05) is 31.9 Å². The lowest BCUT2D eigenvalue weighted by Crippen LogP contribution is -2.69. The fourth-order valence-corrected chi connectivity index (χ4v) is 10.1. The highest BCUT2D eigenvalue weighted by Gasteiger charge is 2.74. The van der Waals surface area contributed by atoms with Crippen LogP contribution < -0.4 is 5.32 Å². The summed E-state index contributed by atoms with van der Waals surface area (Å²) in [4.78, 5) is 40.2. The molecule has 4 aliphatic carbocycles. The van der Waals surface area contributed by atoms with Crippen LogP contribution in [0.15, 0.2) is 23.8 Å². The summed E-state index contributed by atoms with van der Waals surface area (Å²) in [5, 5.41) is 58.6. The van der Waals surface area contributed by atoms with Crippen LogP contribution in [0, 0.1) is 28.6 Å².